The van der Waals surface area contributed by atoms with Crippen molar-refractivity contribution in [2.24, 2.45) is 17.4 Å². The first-order chi connectivity index (χ1) is 13.2. The minimum absolute atomic E-state index is 0.0484. The molecule has 0 bridgehead atoms. The third kappa shape index (κ3) is 9.90. The third-order valence-electron chi connectivity index (χ3n) is 4.38. The smallest absolute Gasteiger partial charge is 0.327 e. The zero-order valence-corrected chi connectivity index (χ0v) is 17.3. The predicted octanol–water partition coefficient (Wildman–Crippen LogP) is -1.41. The van der Waals surface area contributed by atoms with Crippen LogP contribution in [0.2, 0.25) is 0 Å². The van der Waals surface area contributed by atoms with E-state index in [-0.39, 0.29) is 11.7 Å². The molecule has 4 unspecified atom stereocenters. The number of hydrogen-bond acceptors (Lipinski definition) is 7. The molecule has 11 heteroatoms. The van der Waals surface area contributed by atoms with Gasteiger partial charge in [0.1, 0.15) is 12.1 Å². The normalized spacial score (nSPS) is 15.0. The lowest BCUT2D eigenvalue weighted by Gasteiger charge is -2.23. The molecular weight excluding hydrogens is 386 g/mol. The average molecular weight is 420 g/mol. The molecule has 28 heavy (non-hydrogen) atoms. The fourth-order valence-electron chi connectivity index (χ4n) is 2.26. The van der Waals surface area contributed by atoms with Gasteiger partial charge >= 0.3 is 5.97 Å². The van der Waals surface area contributed by atoms with Crippen LogP contribution in [0.3, 0.4) is 0 Å². The molecule has 0 aromatic carbocycles. The number of amides is 3. The van der Waals surface area contributed by atoms with Gasteiger partial charge in [-0.15, -0.1) is 0 Å². The van der Waals surface area contributed by atoms with Crippen molar-refractivity contribution in [1.29, 1.82) is 0 Å². The van der Waals surface area contributed by atoms with Gasteiger partial charge in [-0.25, -0.2) is 4.79 Å². The molecule has 0 saturated heterocycles. The Balaban J connectivity index is 4.81. The van der Waals surface area contributed by atoms with Gasteiger partial charge in [-0.3, -0.25) is 14.4 Å². The average Bonchev–Trinajstić information content (AvgIpc) is 2.67. The molecule has 0 fully saturated rings. The molecule has 0 aliphatic rings. The molecular formula is C17H33N5O5S. The predicted molar refractivity (Wildman–Crippen MR) is 109 cm³/mol. The van der Waals surface area contributed by atoms with E-state index >= 15 is 0 Å². The van der Waals surface area contributed by atoms with Crippen LogP contribution in [0.1, 0.15) is 39.5 Å². The number of aliphatic carboxylic acids is 1. The standard InChI is InChI=1S/C17H33N5O5S/c1-3-10(2)14(19)16(25)22-11(6-4-5-7-18)15(24)20-8-13(23)21-12(9-28)17(26)27/h10-12,14,28H,3-9,18-19H2,1-2H3,(H,20,24)(H,21,23)(H,22,25)(H,26,27). The highest BCUT2D eigenvalue weighted by atomic mass is 32.1. The quantitative estimate of drug-likeness (QED) is 0.134. The second-order valence-electron chi connectivity index (χ2n) is 6.62. The Bertz CT molecular complexity index is 534. The van der Waals surface area contributed by atoms with Crippen molar-refractivity contribution in [2.45, 2.75) is 57.7 Å². The van der Waals surface area contributed by atoms with Gasteiger partial charge in [-0.05, 0) is 31.7 Å². The Labute approximate surface area is 171 Å². The van der Waals surface area contributed by atoms with E-state index in [1.165, 1.54) is 0 Å². The molecule has 0 aromatic rings. The molecule has 0 radical (unpaired) electrons. The molecule has 4 atom stereocenters. The number of hydrogen-bond donors (Lipinski definition) is 7. The lowest BCUT2D eigenvalue weighted by molar-refractivity contribution is -0.141. The maximum absolute atomic E-state index is 12.4. The number of rotatable bonds is 14. The van der Waals surface area contributed by atoms with Crippen molar-refractivity contribution in [3.05, 3.63) is 0 Å². The summed E-state index contributed by atoms with van der Waals surface area (Å²) in [5.41, 5.74) is 11.4. The Kier molecular flexibility index (Phi) is 13.3. The number of carbonyl (C=O) groups excluding carboxylic acids is 3. The fraction of sp³-hybridized carbons (Fsp3) is 0.765. The van der Waals surface area contributed by atoms with E-state index < -0.39 is 48.4 Å². The molecule has 3 amide bonds. The molecule has 0 rings (SSSR count). The Morgan fingerprint density at radius 2 is 1.71 bits per heavy atom. The summed E-state index contributed by atoms with van der Waals surface area (Å²) in [5, 5.41) is 16.2. The van der Waals surface area contributed by atoms with Gasteiger partial charge in [0.05, 0.1) is 12.6 Å². The monoisotopic (exact) mass is 419 g/mol. The van der Waals surface area contributed by atoms with Gasteiger partial charge in [-0.2, -0.15) is 12.6 Å². The highest BCUT2D eigenvalue weighted by Gasteiger charge is 2.26. The van der Waals surface area contributed by atoms with E-state index in [0.29, 0.717) is 32.2 Å². The molecule has 0 aromatic heterocycles. The summed E-state index contributed by atoms with van der Waals surface area (Å²) in [7, 11) is 0. The lowest BCUT2D eigenvalue weighted by atomic mass is 9.98. The second kappa shape index (κ2) is 14.2. The first-order valence-corrected chi connectivity index (χ1v) is 9.97. The highest BCUT2D eigenvalue weighted by Crippen LogP contribution is 2.07. The molecule has 0 heterocycles. The molecule has 162 valence electrons. The summed E-state index contributed by atoms with van der Waals surface area (Å²) >= 11 is 3.85. The molecule has 10 nitrogen and oxygen atoms in total. The van der Waals surface area contributed by atoms with Gasteiger partial charge in [0.15, 0.2) is 0 Å². The first-order valence-electron chi connectivity index (χ1n) is 9.34. The van der Waals surface area contributed by atoms with E-state index in [1.54, 1.807) is 0 Å². The summed E-state index contributed by atoms with van der Waals surface area (Å²) in [6.07, 6.45) is 2.35. The Hall–Kier alpha value is -1.85. The summed E-state index contributed by atoms with van der Waals surface area (Å²) in [6.45, 7) is 3.80. The summed E-state index contributed by atoms with van der Waals surface area (Å²) < 4.78 is 0. The van der Waals surface area contributed by atoms with Crippen LogP contribution < -0.4 is 27.4 Å². The van der Waals surface area contributed by atoms with Crippen molar-refractivity contribution in [1.82, 2.24) is 16.0 Å². The van der Waals surface area contributed by atoms with Crippen LogP contribution in [0.25, 0.3) is 0 Å². The zero-order valence-electron chi connectivity index (χ0n) is 16.4. The number of thiol groups is 1. The van der Waals surface area contributed by atoms with Gasteiger partial charge in [-0.1, -0.05) is 20.3 Å². The van der Waals surface area contributed by atoms with Crippen LogP contribution in [0.15, 0.2) is 0 Å². The minimum atomic E-state index is -1.22. The van der Waals surface area contributed by atoms with Crippen LogP contribution in [-0.2, 0) is 19.2 Å². The van der Waals surface area contributed by atoms with Crippen LogP contribution in [-0.4, -0.2) is 65.8 Å². The van der Waals surface area contributed by atoms with Crippen molar-refractivity contribution >= 4 is 36.3 Å². The maximum Gasteiger partial charge on any atom is 0.327 e. The number of carbonyl (C=O) groups is 4. The van der Waals surface area contributed by atoms with Gasteiger partial charge < -0.3 is 32.5 Å². The van der Waals surface area contributed by atoms with E-state index in [2.05, 4.69) is 28.6 Å². The maximum atomic E-state index is 12.4. The molecule has 0 saturated carbocycles. The molecule has 8 N–H and O–H groups in total. The number of unbranched alkanes of at least 4 members (excludes halogenated alkanes) is 1. The highest BCUT2D eigenvalue weighted by molar-refractivity contribution is 7.80. The first kappa shape index (κ1) is 26.1. The van der Waals surface area contributed by atoms with Gasteiger partial charge in [0.2, 0.25) is 17.7 Å². The van der Waals surface area contributed by atoms with Gasteiger partial charge in [0.25, 0.3) is 0 Å². The number of carboxylic acids is 1. The van der Waals surface area contributed by atoms with Crippen LogP contribution in [0, 0.1) is 5.92 Å². The SMILES string of the molecule is CCC(C)C(N)C(=O)NC(CCCCN)C(=O)NCC(=O)NC(CS)C(=O)O. The van der Waals surface area contributed by atoms with E-state index in [9.17, 15) is 19.2 Å². The van der Waals surface area contributed by atoms with E-state index in [1.807, 2.05) is 13.8 Å². The molecule has 0 aliphatic carbocycles. The lowest BCUT2D eigenvalue weighted by Crippen LogP contribution is -2.54. The number of nitrogens with one attached hydrogen (secondary N) is 3. The Morgan fingerprint density at radius 1 is 1.07 bits per heavy atom. The summed E-state index contributed by atoms with van der Waals surface area (Å²) in [6, 6.07) is -2.76. The minimum Gasteiger partial charge on any atom is -0.480 e. The van der Waals surface area contributed by atoms with Crippen LogP contribution in [0.5, 0.6) is 0 Å². The molecule has 0 aliphatic heterocycles. The third-order valence-corrected chi connectivity index (χ3v) is 4.74. The van der Waals surface area contributed by atoms with E-state index in [0.717, 1.165) is 0 Å². The van der Waals surface area contributed by atoms with Crippen molar-refractivity contribution < 1.29 is 24.3 Å². The molecule has 0 spiro atoms. The largest absolute Gasteiger partial charge is 0.480 e. The number of nitrogens with two attached hydrogens (primary N) is 2. The van der Waals surface area contributed by atoms with Crippen molar-refractivity contribution in [3.8, 4) is 0 Å². The van der Waals surface area contributed by atoms with Crippen molar-refractivity contribution in [2.75, 3.05) is 18.8 Å². The summed E-state index contributed by atoms with van der Waals surface area (Å²) in [4.78, 5) is 47.4. The Morgan fingerprint density at radius 3 is 2.21 bits per heavy atom. The van der Waals surface area contributed by atoms with E-state index in [4.69, 9.17) is 16.6 Å². The fourth-order valence-corrected chi connectivity index (χ4v) is 2.51. The van der Waals surface area contributed by atoms with Crippen LogP contribution >= 0.6 is 12.6 Å². The number of carboxylic acid groups (broad SMARTS) is 1. The van der Waals surface area contributed by atoms with Crippen LogP contribution in [0.4, 0.5) is 0 Å². The zero-order chi connectivity index (χ0) is 21.7. The van der Waals surface area contributed by atoms with Crippen molar-refractivity contribution in [3.63, 3.8) is 0 Å². The van der Waals surface area contributed by atoms with Gasteiger partial charge in [0, 0.05) is 5.75 Å². The second-order valence-corrected chi connectivity index (χ2v) is 6.98. The summed E-state index contributed by atoms with van der Waals surface area (Å²) in [5.74, 6) is -3.01. The topological polar surface area (TPSA) is 177 Å².